The van der Waals surface area contributed by atoms with E-state index in [1.54, 1.807) is 20.8 Å². The van der Waals surface area contributed by atoms with Crippen LogP contribution in [0.2, 0.25) is 0 Å². The molecule has 18 heavy (non-hydrogen) atoms. The largest absolute Gasteiger partial charge is 0.481 e. The molecule has 1 N–H and O–H groups in total. The Bertz CT molecular complexity index is 435. The quantitative estimate of drug-likeness (QED) is 0.890. The molecule has 4 nitrogen and oxygen atoms in total. The third kappa shape index (κ3) is 3.18. The summed E-state index contributed by atoms with van der Waals surface area (Å²) in [5, 5.41) is 9.11. The SMILES string of the molecule is CC(C)(C)C(C(=O)O)c1cnc(C(F)(F)F)nc1. The molecule has 0 spiro atoms. The summed E-state index contributed by atoms with van der Waals surface area (Å²) in [5.74, 6) is -3.35. The van der Waals surface area contributed by atoms with Crippen LogP contribution in [0, 0.1) is 5.41 Å². The standard InChI is InChI=1S/C11H13F3N2O2/c1-10(2,3)7(8(17)18)6-4-15-9(16-5-6)11(12,13)14/h4-5,7H,1-3H3,(H,17,18). The number of halogens is 3. The number of rotatable bonds is 2. The van der Waals surface area contributed by atoms with Crippen molar-refractivity contribution in [2.24, 2.45) is 5.41 Å². The van der Waals surface area contributed by atoms with Crippen LogP contribution in [0.4, 0.5) is 13.2 Å². The molecule has 0 saturated carbocycles. The Labute approximate surface area is 102 Å². The summed E-state index contributed by atoms with van der Waals surface area (Å²) in [6.45, 7) is 5.05. The van der Waals surface area contributed by atoms with E-state index >= 15 is 0 Å². The molecule has 0 aliphatic heterocycles. The summed E-state index contributed by atoms with van der Waals surface area (Å²) in [7, 11) is 0. The van der Waals surface area contributed by atoms with Gasteiger partial charge in [-0.2, -0.15) is 13.2 Å². The first-order valence-electron chi connectivity index (χ1n) is 5.15. The molecule has 0 aliphatic rings. The van der Waals surface area contributed by atoms with E-state index in [0.717, 1.165) is 12.4 Å². The molecule has 1 rings (SSSR count). The molecular formula is C11H13F3N2O2. The van der Waals surface area contributed by atoms with Gasteiger partial charge in [-0.05, 0) is 5.41 Å². The van der Waals surface area contributed by atoms with Crippen molar-refractivity contribution in [2.75, 3.05) is 0 Å². The van der Waals surface area contributed by atoms with Crippen LogP contribution in [0.3, 0.4) is 0 Å². The van der Waals surface area contributed by atoms with Gasteiger partial charge in [-0.3, -0.25) is 4.79 Å². The van der Waals surface area contributed by atoms with Gasteiger partial charge in [-0.1, -0.05) is 20.8 Å². The lowest BCUT2D eigenvalue weighted by atomic mass is 9.77. The summed E-state index contributed by atoms with van der Waals surface area (Å²) in [5.41, 5.74) is -0.488. The molecular weight excluding hydrogens is 249 g/mol. The van der Waals surface area contributed by atoms with Crippen LogP contribution in [0.5, 0.6) is 0 Å². The predicted molar refractivity (Wildman–Crippen MR) is 56.9 cm³/mol. The minimum absolute atomic E-state index is 0.156. The first-order chi connectivity index (χ1) is 8.03. The number of carboxylic acids is 1. The maximum absolute atomic E-state index is 12.3. The average Bonchev–Trinajstić information content (AvgIpc) is 2.13. The fraction of sp³-hybridized carbons (Fsp3) is 0.545. The molecule has 1 atom stereocenters. The predicted octanol–water partition coefficient (Wildman–Crippen LogP) is 2.71. The highest BCUT2D eigenvalue weighted by molar-refractivity contribution is 5.76. The van der Waals surface area contributed by atoms with Crippen molar-refractivity contribution >= 4 is 5.97 Å². The molecule has 100 valence electrons. The second kappa shape index (κ2) is 4.55. The van der Waals surface area contributed by atoms with Gasteiger partial charge in [0.15, 0.2) is 0 Å². The van der Waals surface area contributed by atoms with Gasteiger partial charge in [0.2, 0.25) is 5.82 Å². The number of aromatic nitrogens is 2. The molecule has 1 aromatic heterocycles. The summed E-state index contributed by atoms with van der Waals surface area (Å²) >= 11 is 0. The Kier molecular flexibility index (Phi) is 3.64. The fourth-order valence-electron chi connectivity index (χ4n) is 1.65. The Morgan fingerprint density at radius 2 is 1.67 bits per heavy atom. The molecule has 7 heteroatoms. The number of hydrogen-bond donors (Lipinski definition) is 1. The number of nitrogens with zero attached hydrogens (tertiary/aromatic N) is 2. The average molecular weight is 262 g/mol. The van der Waals surface area contributed by atoms with Crippen LogP contribution in [-0.4, -0.2) is 21.0 Å². The van der Waals surface area contributed by atoms with Crippen LogP contribution in [0.25, 0.3) is 0 Å². The molecule has 0 fully saturated rings. The molecule has 0 amide bonds. The van der Waals surface area contributed by atoms with Crippen LogP contribution in [0.15, 0.2) is 12.4 Å². The van der Waals surface area contributed by atoms with Gasteiger partial charge in [0.25, 0.3) is 0 Å². The topological polar surface area (TPSA) is 63.1 Å². The van der Waals surface area contributed by atoms with Crippen molar-refractivity contribution < 1.29 is 23.1 Å². The molecule has 1 heterocycles. The lowest BCUT2D eigenvalue weighted by molar-refractivity contribution is -0.145. The van der Waals surface area contributed by atoms with Gasteiger partial charge in [0.1, 0.15) is 0 Å². The third-order valence-electron chi connectivity index (χ3n) is 2.37. The van der Waals surface area contributed by atoms with Crippen molar-refractivity contribution in [3.63, 3.8) is 0 Å². The summed E-state index contributed by atoms with van der Waals surface area (Å²) < 4.78 is 36.8. The van der Waals surface area contributed by atoms with Gasteiger partial charge in [0.05, 0.1) is 5.92 Å². The molecule has 0 bridgehead atoms. The van der Waals surface area contributed by atoms with Crippen LogP contribution < -0.4 is 0 Å². The molecule has 0 aromatic carbocycles. The number of carboxylic acid groups (broad SMARTS) is 1. The third-order valence-corrected chi connectivity index (χ3v) is 2.37. The Morgan fingerprint density at radius 1 is 1.22 bits per heavy atom. The maximum atomic E-state index is 12.3. The lowest BCUT2D eigenvalue weighted by Gasteiger charge is -2.26. The molecule has 1 unspecified atom stereocenters. The zero-order chi connectivity index (χ0) is 14.1. The molecule has 0 radical (unpaired) electrons. The zero-order valence-corrected chi connectivity index (χ0v) is 10.1. The van der Waals surface area contributed by atoms with E-state index in [1.807, 2.05) is 0 Å². The molecule has 0 aliphatic carbocycles. The summed E-state index contributed by atoms with van der Waals surface area (Å²) in [6.07, 6.45) is -2.79. The second-order valence-corrected chi connectivity index (χ2v) is 4.98. The van der Waals surface area contributed by atoms with Gasteiger partial charge in [-0.15, -0.1) is 0 Å². The summed E-state index contributed by atoms with van der Waals surface area (Å²) in [4.78, 5) is 17.5. The van der Waals surface area contributed by atoms with E-state index in [-0.39, 0.29) is 5.56 Å². The van der Waals surface area contributed by atoms with E-state index in [0.29, 0.717) is 0 Å². The second-order valence-electron chi connectivity index (χ2n) is 4.98. The van der Waals surface area contributed by atoms with E-state index in [4.69, 9.17) is 5.11 Å². The Morgan fingerprint density at radius 3 is 1.94 bits per heavy atom. The number of alkyl halides is 3. The number of carbonyl (C=O) groups is 1. The molecule has 0 saturated heterocycles. The first kappa shape index (κ1) is 14.4. The van der Waals surface area contributed by atoms with Crippen molar-refractivity contribution in [2.45, 2.75) is 32.9 Å². The maximum Gasteiger partial charge on any atom is 0.451 e. The van der Waals surface area contributed by atoms with Gasteiger partial charge in [0, 0.05) is 18.0 Å². The highest BCUT2D eigenvalue weighted by atomic mass is 19.4. The zero-order valence-electron chi connectivity index (χ0n) is 10.1. The van der Waals surface area contributed by atoms with Crippen molar-refractivity contribution in [3.05, 3.63) is 23.8 Å². The van der Waals surface area contributed by atoms with E-state index in [9.17, 15) is 18.0 Å². The smallest absolute Gasteiger partial charge is 0.451 e. The number of hydrogen-bond acceptors (Lipinski definition) is 3. The van der Waals surface area contributed by atoms with Crippen molar-refractivity contribution in [1.29, 1.82) is 0 Å². The lowest BCUT2D eigenvalue weighted by Crippen LogP contribution is -2.27. The Balaban J connectivity index is 3.14. The highest BCUT2D eigenvalue weighted by Gasteiger charge is 2.37. The normalized spacial score (nSPS) is 14.3. The minimum Gasteiger partial charge on any atom is -0.481 e. The van der Waals surface area contributed by atoms with E-state index in [2.05, 4.69) is 9.97 Å². The van der Waals surface area contributed by atoms with Crippen molar-refractivity contribution in [3.8, 4) is 0 Å². The van der Waals surface area contributed by atoms with Gasteiger partial charge >= 0.3 is 12.1 Å². The first-order valence-corrected chi connectivity index (χ1v) is 5.15. The Hall–Kier alpha value is -1.66. The molecule has 1 aromatic rings. The van der Waals surface area contributed by atoms with Crippen LogP contribution >= 0.6 is 0 Å². The number of aliphatic carboxylic acids is 1. The minimum atomic E-state index is -4.63. The van der Waals surface area contributed by atoms with Crippen LogP contribution in [-0.2, 0) is 11.0 Å². The van der Waals surface area contributed by atoms with E-state index in [1.165, 1.54) is 0 Å². The van der Waals surface area contributed by atoms with Gasteiger partial charge in [-0.25, -0.2) is 9.97 Å². The van der Waals surface area contributed by atoms with Crippen molar-refractivity contribution in [1.82, 2.24) is 9.97 Å². The monoisotopic (exact) mass is 262 g/mol. The summed E-state index contributed by atoms with van der Waals surface area (Å²) in [6, 6.07) is 0. The van der Waals surface area contributed by atoms with Crippen LogP contribution in [0.1, 0.15) is 38.1 Å². The van der Waals surface area contributed by atoms with E-state index < -0.39 is 29.3 Å². The fourth-order valence-corrected chi connectivity index (χ4v) is 1.65. The highest BCUT2D eigenvalue weighted by Crippen LogP contribution is 2.35. The van der Waals surface area contributed by atoms with Gasteiger partial charge < -0.3 is 5.11 Å².